The minimum Gasteiger partial charge on any atom is -0.756 e. The Morgan fingerprint density at radius 1 is 0.385 bits per heavy atom. The molecule has 9 nitrogen and oxygen atoms in total. The summed E-state index contributed by atoms with van der Waals surface area (Å²) in [5.41, 5.74) is 0. The van der Waals surface area contributed by atoms with Crippen molar-refractivity contribution in [2.45, 2.75) is 367 Å². The van der Waals surface area contributed by atoms with Crippen molar-refractivity contribution in [3.8, 4) is 0 Å². The highest BCUT2D eigenvalue weighted by Crippen LogP contribution is 2.38. The van der Waals surface area contributed by atoms with E-state index in [4.69, 9.17) is 18.5 Å². The molecule has 0 saturated carbocycles. The largest absolute Gasteiger partial charge is 0.756 e. The zero-order valence-corrected chi connectivity index (χ0v) is 53.8. The predicted octanol–water partition coefficient (Wildman–Crippen LogP) is 21.3. The van der Waals surface area contributed by atoms with Gasteiger partial charge in [0.25, 0.3) is 7.82 Å². The van der Waals surface area contributed by atoms with Gasteiger partial charge >= 0.3 is 11.9 Å². The van der Waals surface area contributed by atoms with Gasteiger partial charge in [-0.1, -0.05) is 321 Å². The molecule has 0 N–H and O–H groups in total. The van der Waals surface area contributed by atoms with Gasteiger partial charge in [-0.3, -0.25) is 14.2 Å². The fourth-order valence-corrected chi connectivity index (χ4v) is 11.2. The number of rotatable bonds is 65. The summed E-state index contributed by atoms with van der Waals surface area (Å²) in [5, 5.41) is 0. The Hall–Kier alpha value is -1.25. The van der Waals surface area contributed by atoms with Gasteiger partial charge in [0.2, 0.25) is 0 Å². The Labute approximate surface area is 486 Å². The zero-order valence-electron chi connectivity index (χ0n) is 52.9. The van der Waals surface area contributed by atoms with Gasteiger partial charge < -0.3 is 27.9 Å². The third-order valence-corrected chi connectivity index (χ3v) is 16.7. The Balaban J connectivity index is 3.90. The van der Waals surface area contributed by atoms with E-state index in [0.29, 0.717) is 17.4 Å². The average Bonchev–Trinajstić information content (AvgIpc) is 3.40. The minimum atomic E-state index is -4.63. The fourth-order valence-electron chi connectivity index (χ4n) is 10.5. The molecule has 0 saturated heterocycles. The predicted molar refractivity (Wildman–Crippen MR) is 333 cm³/mol. The first-order valence-electron chi connectivity index (χ1n) is 34.4. The number of carbonyl (C=O) groups is 2. The van der Waals surface area contributed by atoms with E-state index in [2.05, 4.69) is 26.0 Å². The number of nitrogens with zero attached hydrogens (tertiary/aromatic N) is 1. The van der Waals surface area contributed by atoms with Crippen molar-refractivity contribution in [3.63, 3.8) is 0 Å². The molecule has 0 heterocycles. The quantitative estimate of drug-likeness (QED) is 0.0195. The number of esters is 2. The van der Waals surface area contributed by atoms with Crippen LogP contribution >= 0.6 is 7.82 Å². The molecule has 0 rings (SSSR count). The monoisotopic (exact) mass is 1120 g/mol. The normalized spacial score (nSPS) is 13.2. The molecular formula is C68H134NO8P. The van der Waals surface area contributed by atoms with Crippen LogP contribution in [-0.4, -0.2) is 70.0 Å². The number of hydrogen-bond acceptors (Lipinski definition) is 8. The first-order valence-corrected chi connectivity index (χ1v) is 35.9. The van der Waals surface area contributed by atoms with Gasteiger partial charge in [0, 0.05) is 12.8 Å². The summed E-state index contributed by atoms with van der Waals surface area (Å²) in [5.74, 6) is -0.817. The maximum Gasteiger partial charge on any atom is 0.306 e. The van der Waals surface area contributed by atoms with Crippen molar-refractivity contribution >= 4 is 19.8 Å². The van der Waals surface area contributed by atoms with Crippen molar-refractivity contribution in [1.82, 2.24) is 0 Å². The summed E-state index contributed by atoms with van der Waals surface area (Å²) in [7, 11) is 1.18. The van der Waals surface area contributed by atoms with Crippen molar-refractivity contribution in [1.29, 1.82) is 0 Å². The molecule has 0 aromatic rings. The number of hydrogen-bond donors (Lipinski definition) is 0. The maximum absolute atomic E-state index is 12.8. The highest BCUT2D eigenvalue weighted by atomic mass is 31.2. The van der Waals surface area contributed by atoms with E-state index >= 15 is 0 Å². The van der Waals surface area contributed by atoms with Gasteiger partial charge in [0.15, 0.2) is 6.10 Å². The summed E-state index contributed by atoms with van der Waals surface area (Å²) in [6.45, 7) is 4.30. The topological polar surface area (TPSA) is 111 Å². The average molecular weight is 1120 g/mol. The van der Waals surface area contributed by atoms with Crippen LogP contribution in [0.4, 0.5) is 0 Å². The zero-order chi connectivity index (χ0) is 57.0. The summed E-state index contributed by atoms with van der Waals surface area (Å²) in [4.78, 5) is 37.9. The van der Waals surface area contributed by atoms with Gasteiger partial charge in [0.1, 0.15) is 19.8 Å². The third-order valence-electron chi connectivity index (χ3n) is 15.8. The molecule has 2 unspecified atom stereocenters. The Morgan fingerprint density at radius 3 is 0.949 bits per heavy atom. The molecule has 0 aliphatic heterocycles. The second kappa shape index (κ2) is 60.3. The van der Waals surface area contributed by atoms with Gasteiger partial charge in [-0.25, -0.2) is 0 Å². The van der Waals surface area contributed by atoms with Crippen LogP contribution in [0.3, 0.4) is 0 Å². The summed E-state index contributed by atoms with van der Waals surface area (Å²) in [6, 6.07) is 0. The maximum atomic E-state index is 12.8. The SMILES string of the molecule is CCCCCCCCC/C=C\CCCCCCCCCC(=O)OC(COC(=O)CCCCCCCCCCCCCCCCCCCCCCCCCCCCCCCCCCCCCC)COP(=O)([O-])OCC[N+](C)(C)C. The van der Waals surface area contributed by atoms with Crippen LogP contribution in [0, 0.1) is 0 Å². The molecule has 0 aromatic heterocycles. The van der Waals surface area contributed by atoms with E-state index in [1.54, 1.807) is 0 Å². The molecular weight excluding hydrogens is 990 g/mol. The lowest BCUT2D eigenvalue weighted by Crippen LogP contribution is -2.37. The Morgan fingerprint density at radius 2 is 0.654 bits per heavy atom. The molecule has 0 aliphatic rings. The van der Waals surface area contributed by atoms with Crippen LogP contribution < -0.4 is 4.89 Å². The van der Waals surface area contributed by atoms with Gasteiger partial charge in [-0.15, -0.1) is 0 Å². The lowest BCUT2D eigenvalue weighted by Gasteiger charge is -2.28. The van der Waals surface area contributed by atoms with Crippen molar-refractivity contribution < 1.29 is 42.1 Å². The Bertz CT molecular complexity index is 1320. The van der Waals surface area contributed by atoms with Gasteiger partial charge in [-0.2, -0.15) is 0 Å². The van der Waals surface area contributed by atoms with Gasteiger partial charge in [-0.05, 0) is 38.5 Å². The van der Waals surface area contributed by atoms with Crippen LogP contribution in [0.2, 0.25) is 0 Å². The standard InChI is InChI=1S/C68H134NO8P/c1-6-8-10-12-14-16-18-20-22-24-26-27-28-29-30-31-32-33-34-35-36-37-38-39-40-41-42-43-45-46-48-50-52-54-56-58-60-67(70)74-64-66(65-76-78(72,73)75-63-62-69(3,4)5)77-68(71)61-59-57-55-53-51-49-47-44-25-23-21-19-17-15-13-11-9-7-2/h23,25,66H,6-22,24,26-65H2,1-5H3/b25-23-. The highest BCUT2D eigenvalue weighted by molar-refractivity contribution is 7.45. The van der Waals surface area contributed by atoms with E-state index in [9.17, 15) is 19.0 Å². The lowest BCUT2D eigenvalue weighted by molar-refractivity contribution is -0.870. The first kappa shape index (κ1) is 76.8. The van der Waals surface area contributed by atoms with Crippen molar-refractivity contribution in [3.05, 3.63) is 12.2 Å². The summed E-state index contributed by atoms with van der Waals surface area (Å²) >= 11 is 0. The Kier molecular flexibility index (Phi) is 59.4. The molecule has 0 spiro atoms. The van der Waals surface area contributed by atoms with E-state index < -0.39 is 26.5 Å². The number of likely N-dealkylation sites (N-methyl/N-ethyl adjacent to an activating group) is 1. The summed E-state index contributed by atoms with van der Waals surface area (Å²) in [6.07, 6.45) is 73.1. The second-order valence-electron chi connectivity index (χ2n) is 24.9. The van der Waals surface area contributed by atoms with Crippen LogP contribution in [0.5, 0.6) is 0 Å². The molecule has 0 radical (unpaired) electrons. The van der Waals surface area contributed by atoms with E-state index in [0.717, 1.165) is 44.9 Å². The molecule has 10 heteroatoms. The number of phosphoric acid groups is 1. The molecule has 0 fully saturated rings. The van der Waals surface area contributed by atoms with Crippen molar-refractivity contribution in [2.24, 2.45) is 0 Å². The van der Waals surface area contributed by atoms with Crippen LogP contribution in [0.25, 0.3) is 0 Å². The fraction of sp³-hybridized carbons (Fsp3) is 0.941. The van der Waals surface area contributed by atoms with Crippen LogP contribution in [0.1, 0.15) is 361 Å². The molecule has 0 aromatic carbocycles. The van der Waals surface area contributed by atoms with Crippen LogP contribution in [-0.2, 0) is 32.7 Å². The second-order valence-corrected chi connectivity index (χ2v) is 26.3. The van der Waals surface area contributed by atoms with Crippen LogP contribution in [0.15, 0.2) is 12.2 Å². The minimum absolute atomic E-state index is 0.0279. The number of ether oxygens (including phenoxy) is 2. The molecule has 78 heavy (non-hydrogen) atoms. The van der Waals surface area contributed by atoms with E-state index in [1.165, 1.54) is 283 Å². The smallest absolute Gasteiger partial charge is 0.306 e. The molecule has 0 amide bonds. The van der Waals surface area contributed by atoms with Gasteiger partial charge in [0.05, 0.1) is 27.7 Å². The highest BCUT2D eigenvalue weighted by Gasteiger charge is 2.22. The number of phosphoric ester groups is 1. The number of allylic oxidation sites excluding steroid dienone is 2. The number of carbonyl (C=O) groups excluding carboxylic acids is 2. The van der Waals surface area contributed by atoms with E-state index in [-0.39, 0.29) is 32.0 Å². The van der Waals surface area contributed by atoms with Crippen molar-refractivity contribution in [2.75, 3.05) is 47.5 Å². The molecule has 0 aliphatic carbocycles. The summed E-state index contributed by atoms with van der Waals surface area (Å²) < 4.78 is 34.2. The number of unbranched alkanes of at least 4 members (excludes halogenated alkanes) is 49. The third kappa shape index (κ3) is 63.9. The first-order chi connectivity index (χ1) is 38.0. The van der Waals surface area contributed by atoms with E-state index in [1.807, 2.05) is 21.1 Å². The lowest BCUT2D eigenvalue weighted by atomic mass is 10.0. The molecule has 464 valence electrons. The molecule has 2 atom stereocenters. The molecule has 0 bridgehead atoms. The number of quaternary nitrogens is 1.